The van der Waals surface area contributed by atoms with Gasteiger partial charge in [-0.25, -0.2) is 4.39 Å². The minimum absolute atomic E-state index is 0.291. The number of aromatic nitrogens is 2. The van der Waals surface area contributed by atoms with E-state index >= 15 is 0 Å². The molecule has 0 atom stereocenters. The van der Waals surface area contributed by atoms with Crippen LogP contribution in [0.1, 0.15) is 11.5 Å². The fourth-order valence-corrected chi connectivity index (χ4v) is 2.38. The van der Waals surface area contributed by atoms with Gasteiger partial charge in [0.1, 0.15) is 18.2 Å². The lowest BCUT2D eigenvalue weighted by atomic mass is 10.2. The van der Waals surface area contributed by atoms with Crippen molar-refractivity contribution in [2.45, 2.75) is 13.5 Å². The van der Waals surface area contributed by atoms with Crippen molar-refractivity contribution in [2.75, 3.05) is 20.2 Å². The molecular weight excluding hydrogens is 321 g/mol. The molecule has 130 valence electrons. The molecule has 0 fully saturated rings. The predicted molar refractivity (Wildman–Crippen MR) is 92.7 cm³/mol. The van der Waals surface area contributed by atoms with E-state index in [-0.39, 0.29) is 5.82 Å². The molecule has 0 aliphatic heterocycles. The molecule has 0 bridgehead atoms. The molecule has 0 amide bonds. The van der Waals surface area contributed by atoms with Gasteiger partial charge in [-0.15, -0.1) is 0 Å². The molecule has 0 spiro atoms. The lowest BCUT2D eigenvalue weighted by Crippen LogP contribution is -2.24. The maximum Gasteiger partial charge on any atom is 0.241 e. The Morgan fingerprint density at radius 1 is 1.12 bits per heavy atom. The second-order valence-electron chi connectivity index (χ2n) is 5.87. The Balaban J connectivity index is 1.50. The molecule has 0 aliphatic rings. The van der Waals surface area contributed by atoms with E-state index in [0.29, 0.717) is 24.9 Å². The van der Waals surface area contributed by atoms with Crippen molar-refractivity contribution in [3.8, 4) is 17.1 Å². The lowest BCUT2D eigenvalue weighted by molar-refractivity contribution is 0.212. The Morgan fingerprint density at radius 3 is 2.64 bits per heavy atom. The summed E-state index contributed by atoms with van der Waals surface area (Å²) in [5.74, 6) is 1.57. The zero-order chi connectivity index (χ0) is 17.6. The summed E-state index contributed by atoms with van der Waals surface area (Å²) in [6.45, 7) is 3.84. The van der Waals surface area contributed by atoms with Crippen molar-refractivity contribution >= 4 is 0 Å². The van der Waals surface area contributed by atoms with Crippen LogP contribution in [0.2, 0.25) is 0 Å². The predicted octanol–water partition coefficient (Wildman–Crippen LogP) is 3.69. The van der Waals surface area contributed by atoms with E-state index in [9.17, 15) is 4.39 Å². The maximum atomic E-state index is 13.0. The summed E-state index contributed by atoms with van der Waals surface area (Å²) >= 11 is 0. The molecule has 6 heteroatoms. The molecular formula is C19H20FN3O2. The van der Waals surface area contributed by atoms with Gasteiger partial charge in [0.15, 0.2) is 0 Å². The third kappa shape index (κ3) is 4.64. The largest absolute Gasteiger partial charge is 0.492 e. The summed E-state index contributed by atoms with van der Waals surface area (Å²) in [5.41, 5.74) is 1.84. The van der Waals surface area contributed by atoms with E-state index in [2.05, 4.69) is 10.1 Å². The van der Waals surface area contributed by atoms with Gasteiger partial charge in [-0.3, -0.25) is 4.90 Å². The quantitative estimate of drug-likeness (QED) is 0.656. The van der Waals surface area contributed by atoms with E-state index in [4.69, 9.17) is 9.26 Å². The zero-order valence-electron chi connectivity index (χ0n) is 14.3. The summed E-state index contributed by atoms with van der Waals surface area (Å²) < 4.78 is 24.0. The summed E-state index contributed by atoms with van der Waals surface area (Å²) in [4.78, 5) is 6.39. The number of nitrogens with zero attached hydrogens (tertiary/aromatic N) is 3. The first-order valence-corrected chi connectivity index (χ1v) is 8.07. The first-order chi connectivity index (χ1) is 12.1. The summed E-state index contributed by atoms with van der Waals surface area (Å²) in [6.07, 6.45) is 0. The van der Waals surface area contributed by atoms with Gasteiger partial charge in [-0.1, -0.05) is 23.4 Å². The SMILES string of the molecule is Cc1ccccc1OCCN(C)Cc1nc(-c2ccc(F)cc2)no1. The van der Waals surface area contributed by atoms with Crippen molar-refractivity contribution in [3.63, 3.8) is 0 Å². The van der Waals surface area contributed by atoms with Gasteiger partial charge < -0.3 is 9.26 Å². The van der Waals surface area contributed by atoms with Gasteiger partial charge in [0.05, 0.1) is 6.54 Å². The average molecular weight is 341 g/mol. The summed E-state index contributed by atoms with van der Waals surface area (Å²) in [6, 6.07) is 13.9. The van der Waals surface area contributed by atoms with Crippen LogP contribution < -0.4 is 4.74 Å². The molecule has 1 aromatic heterocycles. The minimum Gasteiger partial charge on any atom is -0.492 e. The molecule has 0 N–H and O–H groups in total. The first-order valence-electron chi connectivity index (χ1n) is 8.07. The van der Waals surface area contributed by atoms with Crippen LogP contribution >= 0.6 is 0 Å². The Labute approximate surface area is 146 Å². The van der Waals surface area contributed by atoms with Crippen LogP contribution in [0.4, 0.5) is 4.39 Å². The van der Waals surface area contributed by atoms with E-state index < -0.39 is 0 Å². The number of hydrogen-bond donors (Lipinski definition) is 0. The van der Waals surface area contributed by atoms with Crippen molar-refractivity contribution < 1.29 is 13.7 Å². The summed E-state index contributed by atoms with van der Waals surface area (Å²) in [5, 5.41) is 3.94. The second-order valence-corrected chi connectivity index (χ2v) is 5.87. The molecule has 2 aromatic carbocycles. The Hall–Kier alpha value is -2.73. The summed E-state index contributed by atoms with van der Waals surface area (Å²) in [7, 11) is 1.96. The Bertz CT molecular complexity index is 818. The van der Waals surface area contributed by atoms with E-state index in [1.807, 2.05) is 43.1 Å². The van der Waals surface area contributed by atoms with Crippen molar-refractivity contribution in [1.82, 2.24) is 15.0 Å². The van der Waals surface area contributed by atoms with E-state index in [1.165, 1.54) is 12.1 Å². The fourth-order valence-electron chi connectivity index (χ4n) is 2.38. The number of hydrogen-bond acceptors (Lipinski definition) is 5. The number of likely N-dealkylation sites (N-methyl/N-ethyl adjacent to an activating group) is 1. The van der Waals surface area contributed by atoms with Crippen LogP contribution in [-0.2, 0) is 6.54 Å². The molecule has 3 rings (SSSR count). The highest BCUT2D eigenvalue weighted by atomic mass is 19.1. The molecule has 3 aromatic rings. The number of para-hydroxylation sites is 1. The van der Waals surface area contributed by atoms with E-state index in [0.717, 1.165) is 23.4 Å². The van der Waals surface area contributed by atoms with E-state index in [1.54, 1.807) is 12.1 Å². The Morgan fingerprint density at radius 2 is 1.88 bits per heavy atom. The topological polar surface area (TPSA) is 51.4 Å². The third-order valence-electron chi connectivity index (χ3n) is 3.80. The monoisotopic (exact) mass is 341 g/mol. The molecule has 0 saturated heterocycles. The molecule has 25 heavy (non-hydrogen) atoms. The molecule has 0 aliphatic carbocycles. The van der Waals surface area contributed by atoms with Gasteiger partial charge in [0.25, 0.3) is 0 Å². The van der Waals surface area contributed by atoms with Crippen LogP contribution in [0.5, 0.6) is 5.75 Å². The standard InChI is InChI=1S/C19H20FN3O2/c1-14-5-3-4-6-17(14)24-12-11-23(2)13-18-21-19(22-25-18)15-7-9-16(20)10-8-15/h3-10H,11-13H2,1-2H3. The normalized spacial score (nSPS) is 11.0. The zero-order valence-corrected chi connectivity index (χ0v) is 14.3. The van der Waals surface area contributed by atoms with Crippen molar-refractivity contribution in [2.24, 2.45) is 0 Å². The maximum absolute atomic E-state index is 13.0. The van der Waals surface area contributed by atoms with Crippen LogP contribution in [-0.4, -0.2) is 35.2 Å². The highest BCUT2D eigenvalue weighted by Gasteiger charge is 2.11. The number of ether oxygens (including phenoxy) is 1. The smallest absolute Gasteiger partial charge is 0.241 e. The highest BCUT2D eigenvalue weighted by Crippen LogP contribution is 2.17. The first kappa shape index (κ1) is 17.1. The van der Waals surface area contributed by atoms with Gasteiger partial charge in [-0.2, -0.15) is 4.98 Å². The molecule has 0 saturated carbocycles. The Kier molecular flexibility index (Phi) is 5.40. The number of rotatable bonds is 7. The van der Waals surface area contributed by atoms with Gasteiger partial charge in [0.2, 0.25) is 11.7 Å². The van der Waals surface area contributed by atoms with Crippen LogP contribution in [0.25, 0.3) is 11.4 Å². The molecule has 1 heterocycles. The lowest BCUT2D eigenvalue weighted by Gasteiger charge is -2.15. The number of halogens is 1. The number of aryl methyl sites for hydroxylation is 1. The third-order valence-corrected chi connectivity index (χ3v) is 3.80. The van der Waals surface area contributed by atoms with Gasteiger partial charge >= 0.3 is 0 Å². The van der Waals surface area contributed by atoms with Crippen LogP contribution in [0.3, 0.4) is 0 Å². The fraction of sp³-hybridized carbons (Fsp3) is 0.263. The number of benzene rings is 2. The molecule has 5 nitrogen and oxygen atoms in total. The van der Waals surface area contributed by atoms with Crippen molar-refractivity contribution in [1.29, 1.82) is 0 Å². The molecule has 0 unspecified atom stereocenters. The van der Waals surface area contributed by atoms with Crippen LogP contribution in [0.15, 0.2) is 53.1 Å². The average Bonchev–Trinajstić information content (AvgIpc) is 3.05. The van der Waals surface area contributed by atoms with Crippen LogP contribution in [0, 0.1) is 12.7 Å². The van der Waals surface area contributed by atoms with Gasteiger partial charge in [0, 0.05) is 12.1 Å². The van der Waals surface area contributed by atoms with Gasteiger partial charge in [-0.05, 0) is 49.9 Å². The molecule has 0 radical (unpaired) electrons. The second kappa shape index (κ2) is 7.90. The van der Waals surface area contributed by atoms with Crippen molar-refractivity contribution in [3.05, 3.63) is 65.8 Å². The minimum atomic E-state index is -0.291. The highest BCUT2D eigenvalue weighted by molar-refractivity contribution is 5.53.